The lowest BCUT2D eigenvalue weighted by atomic mass is 9.88. The van der Waals surface area contributed by atoms with E-state index < -0.39 is 0 Å². The predicted octanol–water partition coefficient (Wildman–Crippen LogP) is 4.46. The molecule has 0 aliphatic carbocycles. The Hall–Kier alpha value is -2.40. The third-order valence-electron chi connectivity index (χ3n) is 5.97. The average Bonchev–Trinajstić information content (AvgIpc) is 2.69. The van der Waals surface area contributed by atoms with Crippen molar-refractivity contribution in [2.45, 2.75) is 51.3 Å². The molecule has 1 N–H and O–H groups in total. The number of carbonyl (C=O) groups excluding carboxylic acids is 1. The second-order valence-corrected chi connectivity index (χ2v) is 8.84. The van der Waals surface area contributed by atoms with Crippen molar-refractivity contribution in [1.29, 1.82) is 0 Å². The number of ether oxygens (including phenoxy) is 1. The molecule has 2 aromatic rings. The summed E-state index contributed by atoms with van der Waals surface area (Å²) >= 11 is 0. The van der Waals surface area contributed by atoms with Gasteiger partial charge in [-0.25, -0.2) is 4.39 Å². The fraction of sp³-hybridized carbons (Fsp3) is 0.458. The van der Waals surface area contributed by atoms with Gasteiger partial charge in [-0.2, -0.15) is 0 Å². The maximum atomic E-state index is 13.1. The lowest BCUT2D eigenvalue weighted by Gasteiger charge is -2.39. The third-order valence-corrected chi connectivity index (χ3v) is 5.97. The zero-order valence-corrected chi connectivity index (χ0v) is 17.2. The van der Waals surface area contributed by atoms with Gasteiger partial charge >= 0.3 is 0 Å². The number of hydrogen-bond donors (Lipinski definition) is 1. The van der Waals surface area contributed by atoms with Crippen molar-refractivity contribution in [1.82, 2.24) is 10.2 Å². The number of benzene rings is 2. The maximum absolute atomic E-state index is 13.1. The van der Waals surface area contributed by atoms with Gasteiger partial charge < -0.3 is 10.1 Å². The Balaban J connectivity index is 1.34. The number of likely N-dealkylation sites (tertiary alicyclic amines) is 1. The minimum atomic E-state index is -0.301. The molecule has 0 unspecified atom stereocenters. The highest BCUT2D eigenvalue weighted by Gasteiger charge is 2.35. The molecule has 0 saturated carbocycles. The Kier molecular flexibility index (Phi) is 5.59. The Labute approximate surface area is 172 Å². The monoisotopic (exact) mass is 396 g/mol. The first-order valence-corrected chi connectivity index (χ1v) is 10.4. The van der Waals surface area contributed by atoms with Crippen LogP contribution in [0.25, 0.3) is 0 Å². The second kappa shape index (κ2) is 8.15. The van der Waals surface area contributed by atoms with Crippen molar-refractivity contribution in [3.05, 3.63) is 65.5 Å². The van der Waals surface area contributed by atoms with Gasteiger partial charge in [-0.15, -0.1) is 0 Å². The largest absolute Gasteiger partial charge is 0.487 e. The van der Waals surface area contributed by atoms with E-state index in [0.717, 1.165) is 55.8 Å². The van der Waals surface area contributed by atoms with Gasteiger partial charge in [-0.1, -0.05) is 30.3 Å². The van der Waals surface area contributed by atoms with Crippen LogP contribution in [-0.2, 0) is 11.3 Å². The highest BCUT2D eigenvalue weighted by atomic mass is 19.1. The molecule has 4 rings (SSSR count). The van der Waals surface area contributed by atoms with Crippen LogP contribution in [-0.4, -0.2) is 29.5 Å². The summed E-state index contributed by atoms with van der Waals surface area (Å²) < 4.78 is 19.1. The van der Waals surface area contributed by atoms with E-state index in [1.807, 2.05) is 36.4 Å². The summed E-state index contributed by atoms with van der Waals surface area (Å²) in [6, 6.07) is 14.6. The molecule has 2 aromatic carbocycles. The van der Waals surface area contributed by atoms with Crippen LogP contribution in [0.1, 0.15) is 50.3 Å². The first kappa shape index (κ1) is 19.9. The SMILES string of the molecule is CC1(C)C[C@H](NC(=O)C2CCN(Cc3ccc(F)cc3)CC2)c2ccccc2O1. The van der Waals surface area contributed by atoms with Crippen molar-refractivity contribution < 1.29 is 13.9 Å². The summed E-state index contributed by atoms with van der Waals surface area (Å²) in [6.45, 7) is 6.69. The van der Waals surface area contributed by atoms with E-state index >= 15 is 0 Å². The standard InChI is InChI=1S/C24H29FN2O2/c1-24(2)15-21(20-5-3-4-6-22(20)29-24)26-23(28)18-11-13-27(14-12-18)16-17-7-9-19(25)10-8-17/h3-10,18,21H,11-16H2,1-2H3,(H,26,28)/t21-/m0/s1. The Bertz CT molecular complexity index is 857. The number of nitrogens with one attached hydrogen (secondary N) is 1. The second-order valence-electron chi connectivity index (χ2n) is 8.84. The minimum absolute atomic E-state index is 0.0142. The molecule has 4 nitrogen and oxygen atoms in total. The molecule has 0 spiro atoms. The fourth-order valence-corrected chi connectivity index (χ4v) is 4.42. The smallest absolute Gasteiger partial charge is 0.223 e. The van der Waals surface area contributed by atoms with Gasteiger partial charge in [0.1, 0.15) is 17.2 Å². The van der Waals surface area contributed by atoms with Crippen molar-refractivity contribution in [2.75, 3.05) is 13.1 Å². The Morgan fingerprint density at radius 3 is 2.55 bits per heavy atom. The van der Waals surface area contributed by atoms with Crippen molar-refractivity contribution in [3.63, 3.8) is 0 Å². The van der Waals surface area contributed by atoms with E-state index in [9.17, 15) is 9.18 Å². The van der Waals surface area contributed by atoms with Gasteiger partial charge in [0.15, 0.2) is 0 Å². The van der Waals surface area contributed by atoms with E-state index in [0.29, 0.717) is 0 Å². The van der Waals surface area contributed by atoms with E-state index in [1.54, 1.807) is 0 Å². The van der Waals surface area contributed by atoms with Crippen molar-refractivity contribution in [2.24, 2.45) is 5.92 Å². The average molecular weight is 397 g/mol. The predicted molar refractivity (Wildman–Crippen MR) is 111 cm³/mol. The van der Waals surface area contributed by atoms with Crippen LogP contribution in [0.2, 0.25) is 0 Å². The van der Waals surface area contributed by atoms with Gasteiger partial charge in [0.25, 0.3) is 0 Å². The molecule has 2 aliphatic heterocycles. The topological polar surface area (TPSA) is 41.6 Å². The number of carbonyl (C=O) groups is 1. The molecule has 5 heteroatoms. The first-order chi connectivity index (χ1) is 13.9. The zero-order valence-electron chi connectivity index (χ0n) is 17.2. The maximum Gasteiger partial charge on any atom is 0.223 e. The molecule has 2 aliphatic rings. The molecule has 29 heavy (non-hydrogen) atoms. The van der Waals surface area contributed by atoms with Crippen LogP contribution in [0.4, 0.5) is 4.39 Å². The van der Waals surface area contributed by atoms with Crippen LogP contribution in [0.15, 0.2) is 48.5 Å². The molecule has 0 aromatic heterocycles. The number of nitrogens with zero attached hydrogens (tertiary/aromatic N) is 1. The summed E-state index contributed by atoms with van der Waals surface area (Å²) in [7, 11) is 0. The van der Waals surface area contributed by atoms with Crippen LogP contribution in [0.5, 0.6) is 5.75 Å². The van der Waals surface area contributed by atoms with Crippen LogP contribution < -0.4 is 10.1 Å². The summed E-state index contributed by atoms with van der Waals surface area (Å²) in [5.74, 6) is 0.840. The summed E-state index contributed by atoms with van der Waals surface area (Å²) in [5, 5.41) is 3.29. The highest BCUT2D eigenvalue weighted by Crippen LogP contribution is 2.39. The molecule has 2 heterocycles. The van der Waals surface area contributed by atoms with Gasteiger partial charge in [-0.3, -0.25) is 9.69 Å². The number of halogens is 1. The van der Waals surface area contributed by atoms with Gasteiger partial charge in [-0.05, 0) is 63.5 Å². The third kappa shape index (κ3) is 4.78. The lowest BCUT2D eigenvalue weighted by Crippen LogP contribution is -2.45. The number of para-hydroxylation sites is 1. The summed E-state index contributed by atoms with van der Waals surface area (Å²) in [5.41, 5.74) is 1.87. The van der Waals surface area contributed by atoms with Crippen LogP contribution in [0, 0.1) is 11.7 Å². The van der Waals surface area contributed by atoms with Gasteiger partial charge in [0.2, 0.25) is 5.91 Å². The van der Waals surface area contributed by atoms with Crippen molar-refractivity contribution in [3.8, 4) is 5.75 Å². The Morgan fingerprint density at radius 1 is 1.14 bits per heavy atom. The molecule has 1 atom stereocenters. The molecule has 0 radical (unpaired) electrons. The quantitative estimate of drug-likeness (QED) is 0.830. The van der Waals surface area contributed by atoms with Crippen LogP contribution >= 0.6 is 0 Å². The lowest BCUT2D eigenvalue weighted by molar-refractivity contribution is -0.127. The van der Waals surface area contributed by atoms with Gasteiger partial charge in [0, 0.05) is 24.4 Å². The van der Waals surface area contributed by atoms with E-state index in [-0.39, 0.29) is 29.3 Å². The number of rotatable bonds is 4. The number of fused-ring (bicyclic) bond motifs is 1. The summed E-state index contributed by atoms with van der Waals surface area (Å²) in [6.07, 6.45) is 2.46. The van der Waals surface area contributed by atoms with Crippen LogP contribution in [0.3, 0.4) is 0 Å². The van der Waals surface area contributed by atoms with E-state index in [1.165, 1.54) is 12.1 Å². The summed E-state index contributed by atoms with van der Waals surface area (Å²) in [4.78, 5) is 15.3. The van der Waals surface area contributed by atoms with Gasteiger partial charge in [0.05, 0.1) is 6.04 Å². The molecule has 0 bridgehead atoms. The molecular formula is C24H29FN2O2. The first-order valence-electron chi connectivity index (χ1n) is 10.4. The van der Waals surface area contributed by atoms with E-state index in [4.69, 9.17) is 4.74 Å². The molecular weight excluding hydrogens is 367 g/mol. The molecule has 1 fully saturated rings. The van der Waals surface area contributed by atoms with E-state index in [2.05, 4.69) is 24.1 Å². The number of hydrogen-bond acceptors (Lipinski definition) is 3. The molecule has 154 valence electrons. The number of piperidine rings is 1. The normalized spacial score (nSPS) is 21.8. The zero-order chi connectivity index (χ0) is 20.4. The Morgan fingerprint density at radius 2 is 1.83 bits per heavy atom. The van der Waals surface area contributed by atoms with Crippen molar-refractivity contribution >= 4 is 5.91 Å². The minimum Gasteiger partial charge on any atom is -0.487 e. The molecule has 1 saturated heterocycles. The molecule has 1 amide bonds. The fourth-order valence-electron chi connectivity index (χ4n) is 4.42. The highest BCUT2D eigenvalue weighted by molar-refractivity contribution is 5.79. The number of amides is 1.